The lowest BCUT2D eigenvalue weighted by Crippen LogP contribution is -2.20. The third-order valence-electron chi connectivity index (χ3n) is 2.38. The van der Waals surface area contributed by atoms with Crippen LogP contribution in [0.2, 0.25) is 0 Å². The smallest absolute Gasteiger partial charge is 0.387 e. The molecule has 0 heterocycles. The van der Waals surface area contributed by atoms with Crippen LogP contribution in [0.15, 0.2) is 24.0 Å². The Labute approximate surface area is 83.4 Å². The van der Waals surface area contributed by atoms with Crippen molar-refractivity contribution >= 4 is 0 Å². The van der Waals surface area contributed by atoms with E-state index in [4.69, 9.17) is 0 Å². The van der Waals surface area contributed by atoms with E-state index in [-0.39, 0.29) is 17.1 Å². The van der Waals surface area contributed by atoms with Gasteiger partial charge in [0.2, 0.25) is 0 Å². The van der Waals surface area contributed by atoms with Gasteiger partial charge in [0.1, 0.15) is 5.76 Å². The van der Waals surface area contributed by atoms with Crippen LogP contribution in [0.25, 0.3) is 0 Å². The van der Waals surface area contributed by atoms with Gasteiger partial charge in [-0.1, -0.05) is 26.8 Å². The summed E-state index contributed by atoms with van der Waals surface area (Å²) < 4.78 is 28.2. The number of rotatable bonds is 2. The molecule has 1 atom stereocenters. The van der Waals surface area contributed by atoms with Gasteiger partial charge in [0.15, 0.2) is 0 Å². The minimum atomic E-state index is -2.73. The van der Waals surface area contributed by atoms with Crippen LogP contribution in [0.3, 0.4) is 0 Å². The predicted octanol–water partition coefficient (Wildman–Crippen LogP) is 3.73. The molecule has 0 N–H and O–H groups in total. The highest BCUT2D eigenvalue weighted by Gasteiger charge is 2.24. The summed E-state index contributed by atoms with van der Waals surface area (Å²) in [4.78, 5) is 0. The van der Waals surface area contributed by atoms with Crippen molar-refractivity contribution in [2.24, 2.45) is 11.3 Å². The van der Waals surface area contributed by atoms with Gasteiger partial charge in [-0.25, -0.2) is 0 Å². The van der Waals surface area contributed by atoms with Crippen molar-refractivity contribution in [2.75, 3.05) is 0 Å². The number of alkyl halides is 2. The maximum atomic E-state index is 11.9. The molecule has 1 aliphatic rings. The van der Waals surface area contributed by atoms with Gasteiger partial charge in [-0.15, -0.1) is 0 Å². The lowest BCUT2D eigenvalue weighted by Gasteiger charge is -2.29. The fraction of sp³-hybridized carbons (Fsp3) is 0.636. The Morgan fingerprint density at radius 3 is 2.57 bits per heavy atom. The number of allylic oxidation sites excluding steroid dienone is 3. The van der Waals surface area contributed by atoms with E-state index >= 15 is 0 Å². The van der Waals surface area contributed by atoms with Crippen LogP contribution in [0.1, 0.15) is 27.2 Å². The summed E-state index contributed by atoms with van der Waals surface area (Å²) in [6.07, 6.45) is 6.16. The fourth-order valence-electron chi connectivity index (χ4n) is 1.44. The lowest BCUT2D eigenvalue weighted by molar-refractivity contribution is -0.0931. The monoisotopic (exact) mass is 202 g/mol. The molecule has 0 aromatic rings. The second-order valence-electron chi connectivity index (χ2n) is 4.56. The van der Waals surface area contributed by atoms with E-state index in [0.29, 0.717) is 0 Å². The van der Waals surface area contributed by atoms with E-state index in [1.54, 1.807) is 12.2 Å². The molecule has 0 fully saturated rings. The number of hydrogen-bond donors (Lipinski definition) is 0. The molecule has 1 rings (SSSR count). The van der Waals surface area contributed by atoms with Gasteiger partial charge in [0.05, 0.1) is 0 Å². The SMILES string of the molecule is CC(C)(C)C1C=C(OC(F)F)C=CC1. The van der Waals surface area contributed by atoms with Crippen LogP contribution >= 0.6 is 0 Å². The van der Waals surface area contributed by atoms with Gasteiger partial charge < -0.3 is 4.74 Å². The molecule has 0 radical (unpaired) electrons. The van der Waals surface area contributed by atoms with Crippen LogP contribution in [0.4, 0.5) is 8.78 Å². The molecule has 1 nitrogen and oxygen atoms in total. The van der Waals surface area contributed by atoms with Crippen molar-refractivity contribution in [1.29, 1.82) is 0 Å². The van der Waals surface area contributed by atoms with Crippen molar-refractivity contribution in [1.82, 2.24) is 0 Å². The molecular formula is C11H16F2O. The van der Waals surface area contributed by atoms with Crippen molar-refractivity contribution in [3.05, 3.63) is 24.0 Å². The first kappa shape index (κ1) is 11.2. The van der Waals surface area contributed by atoms with E-state index in [1.165, 1.54) is 0 Å². The number of halogens is 2. The highest BCUT2D eigenvalue weighted by atomic mass is 19.3. The topological polar surface area (TPSA) is 9.23 Å². The zero-order valence-electron chi connectivity index (χ0n) is 8.76. The molecule has 0 saturated carbocycles. The summed E-state index contributed by atoms with van der Waals surface area (Å²) in [5.41, 5.74) is 0.0848. The summed E-state index contributed by atoms with van der Waals surface area (Å²) in [6.45, 7) is 3.54. The molecule has 0 bridgehead atoms. The van der Waals surface area contributed by atoms with Gasteiger partial charge in [0.25, 0.3) is 0 Å². The Hall–Kier alpha value is -0.860. The van der Waals surface area contributed by atoms with Gasteiger partial charge in [0, 0.05) is 0 Å². The minimum absolute atomic E-state index is 0.0848. The largest absolute Gasteiger partial charge is 0.435 e. The van der Waals surface area contributed by atoms with Gasteiger partial charge in [-0.05, 0) is 29.9 Å². The zero-order valence-corrected chi connectivity index (χ0v) is 8.76. The summed E-state index contributed by atoms with van der Waals surface area (Å²) >= 11 is 0. The Morgan fingerprint density at radius 2 is 2.07 bits per heavy atom. The highest BCUT2D eigenvalue weighted by Crippen LogP contribution is 2.33. The number of ether oxygens (including phenoxy) is 1. The third kappa shape index (κ3) is 3.13. The normalized spacial score (nSPS) is 22.4. The standard InChI is InChI=1S/C11H16F2O/c1-11(2,3)8-5-4-6-9(7-8)14-10(12)13/h4,6-8,10H,5H2,1-3H3. The fourth-order valence-corrected chi connectivity index (χ4v) is 1.44. The molecule has 80 valence electrons. The molecule has 0 aromatic carbocycles. The zero-order chi connectivity index (χ0) is 10.8. The maximum absolute atomic E-state index is 11.9. The summed E-state index contributed by atoms with van der Waals surface area (Å²) in [5.74, 6) is 0.549. The first-order valence-electron chi connectivity index (χ1n) is 4.73. The van der Waals surface area contributed by atoms with E-state index in [9.17, 15) is 8.78 Å². The minimum Gasteiger partial charge on any atom is -0.435 e. The van der Waals surface area contributed by atoms with Crippen molar-refractivity contribution in [2.45, 2.75) is 33.8 Å². The van der Waals surface area contributed by atoms with Crippen LogP contribution in [-0.2, 0) is 4.74 Å². The molecule has 3 heteroatoms. The van der Waals surface area contributed by atoms with Crippen LogP contribution in [0, 0.1) is 11.3 Å². The average Bonchev–Trinajstić information content (AvgIpc) is 2.01. The van der Waals surface area contributed by atoms with Crippen molar-refractivity contribution < 1.29 is 13.5 Å². The summed E-state index contributed by atoms with van der Waals surface area (Å²) in [6, 6.07) is 0. The first-order valence-corrected chi connectivity index (χ1v) is 4.73. The molecule has 14 heavy (non-hydrogen) atoms. The Balaban J connectivity index is 2.68. The second-order valence-corrected chi connectivity index (χ2v) is 4.56. The molecule has 0 aromatic heterocycles. The highest BCUT2D eigenvalue weighted by molar-refractivity contribution is 5.19. The van der Waals surface area contributed by atoms with Crippen molar-refractivity contribution in [3.8, 4) is 0 Å². The van der Waals surface area contributed by atoms with Crippen LogP contribution in [0.5, 0.6) is 0 Å². The molecule has 0 amide bonds. The molecular weight excluding hydrogens is 186 g/mol. The Morgan fingerprint density at radius 1 is 1.43 bits per heavy atom. The molecule has 1 unspecified atom stereocenters. The summed E-state index contributed by atoms with van der Waals surface area (Å²) in [7, 11) is 0. The van der Waals surface area contributed by atoms with E-state index in [2.05, 4.69) is 25.5 Å². The summed E-state index contributed by atoms with van der Waals surface area (Å²) in [5, 5.41) is 0. The third-order valence-corrected chi connectivity index (χ3v) is 2.38. The molecule has 0 saturated heterocycles. The maximum Gasteiger partial charge on any atom is 0.387 e. The number of hydrogen-bond acceptors (Lipinski definition) is 1. The Bertz CT molecular complexity index is 249. The predicted molar refractivity (Wildman–Crippen MR) is 51.9 cm³/mol. The lowest BCUT2D eigenvalue weighted by atomic mass is 9.77. The average molecular weight is 202 g/mol. The van der Waals surface area contributed by atoms with Gasteiger partial charge in [-0.2, -0.15) is 8.78 Å². The van der Waals surface area contributed by atoms with Gasteiger partial charge in [-0.3, -0.25) is 0 Å². The van der Waals surface area contributed by atoms with Crippen LogP contribution in [-0.4, -0.2) is 6.61 Å². The second kappa shape index (κ2) is 4.11. The quantitative estimate of drug-likeness (QED) is 0.663. The first-order chi connectivity index (χ1) is 6.39. The molecule has 1 aliphatic carbocycles. The van der Waals surface area contributed by atoms with Crippen LogP contribution < -0.4 is 0 Å². The van der Waals surface area contributed by atoms with Gasteiger partial charge >= 0.3 is 6.61 Å². The molecule has 0 spiro atoms. The molecule has 0 aliphatic heterocycles. The van der Waals surface area contributed by atoms with Crippen molar-refractivity contribution in [3.63, 3.8) is 0 Å². The van der Waals surface area contributed by atoms with E-state index in [0.717, 1.165) is 6.42 Å². The Kier molecular flexibility index (Phi) is 3.29. The van der Waals surface area contributed by atoms with E-state index < -0.39 is 6.61 Å². The van der Waals surface area contributed by atoms with E-state index in [1.807, 2.05) is 6.08 Å².